The van der Waals surface area contributed by atoms with Gasteiger partial charge in [-0.25, -0.2) is 4.98 Å². The molecule has 0 aliphatic heterocycles. The minimum Gasteiger partial charge on any atom is -0.378 e. The van der Waals surface area contributed by atoms with Crippen molar-refractivity contribution < 1.29 is 4.79 Å². The Balaban J connectivity index is 2.22. The van der Waals surface area contributed by atoms with E-state index in [1.165, 1.54) is 11.3 Å². The summed E-state index contributed by atoms with van der Waals surface area (Å²) in [4.78, 5) is 18.3. The van der Waals surface area contributed by atoms with Gasteiger partial charge in [-0.1, -0.05) is 41.1 Å². The van der Waals surface area contributed by atoms with Crippen molar-refractivity contribution in [2.24, 2.45) is 5.92 Å². The van der Waals surface area contributed by atoms with Gasteiger partial charge in [0, 0.05) is 19.8 Å². The number of rotatable bonds is 4. The molecular formula is C14H18BrN3OS. The van der Waals surface area contributed by atoms with Crippen LogP contribution < -0.4 is 10.2 Å². The maximum absolute atomic E-state index is 12.0. The van der Waals surface area contributed by atoms with E-state index in [1.807, 2.05) is 45.0 Å². The number of hydrogen-bond donors (Lipinski definition) is 1. The molecule has 0 bridgehead atoms. The summed E-state index contributed by atoms with van der Waals surface area (Å²) in [6.45, 7) is 4.00. The fraction of sp³-hybridized carbons (Fsp3) is 0.429. The minimum atomic E-state index is -0.202. The molecular weight excluding hydrogens is 338 g/mol. The SMILES string of the molecule is CC(C)C(Br)C(=O)Nc1nc2ccc(N(C)C)cc2s1. The van der Waals surface area contributed by atoms with Crippen molar-refractivity contribution >= 4 is 54.2 Å². The van der Waals surface area contributed by atoms with Crippen LogP contribution in [0.5, 0.6) is 0 Å². The average molecular weight is 356 g/mol. The van der Waals surface area contributed by atoms with Gasteiger partial charge in [-0.05, 0) is 24.1 Å². The molecule has 0 aliphatic rings. The molecule has 0 saturated heterocycles. The van der Waals surface area contributed by atoms with Gasteiger partial charge in [0.15, 0.2) is 5.13 Å². The van der Waals surface area contributed by atoms with E-state index in [0.29, 0.717) is 5.13 Å². The smallest absolute Gasteiger partial charge is 0.240 e. The molecule has 1 aromatic carbocycles. The lowest BCUT2D eigenvalue weighted by Crippen LogP contribution is -2.26. The molecule has 1 unspecified atom stereocenters. The third-order valence-corrected chi connectivity index (χ3v) is 5.36. The number of hydrogen-bond acceptors (Lipinski definition) is 4. The molecule has 0 fully saturated rings. The lowest BCUT2D eigenvalue weighted by atomic mass is 10.1. The molecule has 2 rings (SSSR count). The van der Waals surface area contributed by atoms with Crippen LogP contribution in [-0.4, -0.2) is 29.8 Å². The first-order valence-electron chi connectivity index (χ1n) is 6.41. The molecule has 0 aliphatic carbocycles. The van der Waals surface area contributed by atoms with E-state index in [2.05, 4.69) is 32.3 Å². The summed E-state index contributed by atoms with van der Waals surface area (Å²) < 4.78 is 1.07. The standard InChI is InChI=1S/C14H18BrN3OS/c1-8(2)12(15)13(19)17-14-16-10-6-5-9(18(3)4)7-11(10)20-14/h5-8,12H,1-4H3,(H,16,17,19). The first-order chi connectivity index (χ1) is 9.38. The highest BCUT2D eigenvalue weighted by molar-refractivity contribution is 9.10. The number of nitrogens with zero attached hydrogens (tertiary/aromatic N) is 2. The van der Waals surface area contributed by atoms with Gasteiger partial charge in [-0.15, -0.1) is 0 Å². The van der Waals surface area contributed by atoms with Crippen LogP contribution in [0.2, 0.25) is 0 Å². The Labute approximate surface area is 131 Å². The van der Waals surface area contributed by atoms with Crippen LogP contribution in [0.1, 0.15) is 13.8 Å². The van der Waals surface area contributed by atoms with Gasteiger partial charge in [-0.2, -0.15) is 0 Å². The van der Waals surface area contributed by atoms with E-state index < -0.39 is 0 Å². The first-order valence-corrected chi connectivity index (χ1v) is 8.14. The molecule has 1 aromatic heterocycles. The number of aromatic nitrogens is 1. The fourth-order valence-electron chi connectivity index (χ4n) is 1.72. The summed E-state index contributed by atoms with van der Waals surface area (Å²) in [5.41, 5.74) is 2.03. The van der Waals surface area contributed by atoms with Crippen molar-refractivity contribution in [2.45, 2.75) is 18.7 Å². The van der Waals surface area contributed by atoms with Crippen molar-refractivity contribution in [3.8, 4) is 0 Å². The predicted octanol–water partition coefficient (Wildman–Crippen LogP) is 3.72. The van der Waals surface area contributed by atoms with E-state index in [-0.39, 0.29) is 16.7 Å². The Kier molecular flexibility index (Phi) is 4.65. The zero-order chi connectivity index (χ0) is 14.9. The Hall–Kier alpha value is -1.14. The molecule has 1 heterocycles. The summed E-state index contributed by atoms with van der Waals surface area (Å²) in [6.07, 6.45) is 0. The number of thiazole rings is 1. The van der Waals surface area contributed by atoms with Crippen LogP contribution in [0.4, 0.5) is 10.8 Å². The minimum absolute atomic E-state index is 0.0492. The van der Waals surface area contributed by atoms with Crippen LogP contribution >= 0.6 is 27.3 Å². The number of nitrogens with one attached hydrogen (secondary N) is 1. The normalized spacial score (nSPS) is 12.7. The van der Waals surface area contributed by atoms with Crippen LogP contribution in [0, 0.1) is 5.92 Å². The number of benzene rings is 1. The molecule has 0 spiro atoms. The monoisotopic (exact) mass is 355 g/mol. The number of anilines is 2. The van der Waals surface area contributed by atoms with Gasteiger partial charge in [-0.3, -0.25) is 4.79 Å². The molecule has 20 heavy (non-hydrogen) atoms. The molecule has 1 atom stereocenters. The topological polar surface area (TPSA) is 45.2 Å². The van der Waals surface area contributed by atoms with Crippen molar-refractivity contribution in [2.75, 3.05) is 24.3 Å². The second-order valence-electron chi connectivity index (χ2n) is 5.20. The summed E-state index contributed by atoms with van der Waals surface area (Å²) >= 11 is 4.89. The quantitative estimate of drug-likeness (QED) is 0.850. The van der Waals surface area contributed by atoms with Crippen molar-refractivity contribution in [3.05, 3.63) is 18.2 Å². The third kappa shape index (κ3) is 3.30. The zero-order valence-corrected chi connectivity index (χ0v) is 14.4. The van der Waals surface area contributed by atoms with Crippen LogP contribution in [0.25, 0.3) is 10.2 Å². The van der Waals surface area contributed by atoms with Gasteiger partial charge < -0.3 is 10.2 Å². The van der Waals surface area contributed by atoms with Gasteiger partial charge in [0.25, 0.3) is 0 Å². The Morgan fingerprint density at radius 2 is 2.10 bits per heavy atom. The Morgan fingerprint density at radius 3 is 2.70 bits per heavy atom. The highest BCUT2D eigenvalue weighted by atomic mass is 79.9. The second-order valence-corrected chi connectivity index (χ2v) is 7.22. The Bertz CT molecular complexity index is 624. The van der Waals surface area contributed by atoms with Crippen LogP contribution in [-0.2, 0) is 4.79 Å². The third-order valence-electron chi connectivity index (χ3n) is 2.95. The average Bonchev–Trinajstić information content (AvgIpc) is 2.78. The number of amides is 1. The highest BCUT2D eigenvalue weighted by Crippen LogP contribution is 2.29. The molecule has 6 heteroatoms. The van der Waals surface area contributed by atoms with E-state index in [4.69, 9.17) is 0 Å². The van der Waals surface area contributed by atoms with E-state index in [0.717, 1.165) is 15.9 Å². The van der Waals surface area contributed by atoms with Crippen molar-refractivity contribution in [1.29, 1.82) is 0 Å². The maximum atomic E-state index is 12.0. The molecule has 1 amide bonds. The van der Waals surface area contributed by atoms with Gasteiger partial charge in [0.2, 0.25) is 5.91 Å². The van der Waals surface area contributed by atoms with Crippen LogP contribution in [0.3, 0.4) is 0 Å². The fourth-order valence-corrected chi connectivity index (χ4v) is 2.74. The van der Waals surface area contributed by atoms with Crippen LogP contribution in [0.15, 0.2) is 18.2 Å². The molecule has 2 aromatic rings. The molecule has 0 saturated carbocycles. The summed E-state index contributed by atoms with van der Waals surface area (Å²) in [7, 11) is 4.01. The Morgan fingerprint density at radius 1 is 1.40 bits per heavy atom. The molecule has 4 nitrogen and oxygen atoms in total. The number of carbonyl (C=O) groups is 1. The van der Waals surface area contributed by atoms with Gasteiger partial charge >= 0.3 is 0 Å². The number of halogens is 1. The number of alkyl halides is 1. The van der Waals surface area contributed by atoms with Gasteiger partial charge in [0.05, 0.1) is 15.0 Å². The van der Waals surface area contributed by atoms with E-state index >= 15 is 0 Å². The molecule has 108 valence electrons. The zero-order valence-electron chi connectivity index (χ0n) is 12.0. The largest absolute Gasteiger partial charge is 0.378 e. The number of fused-ring (bicyclic) bond motifs is 1. The molecule has 0 radical (unpaired) electrons. The first kappa shape index (κ1) is 15.3. The lowest BCUT2D eigenvalue weighted by Gasteiger charge is -2.11. The summed E-state index contributed by atoms with van der Waals surface area (Å²) in [5.74, 6) is 0.191. The van der Waals surface area contributed by atoms with Gasteiger partial charge in [0.1, 0.15) is 0 Å². The van der Waals surface area contributed by atoms with E-state index in [1.54, 1.807) is 0 Å². The second kappa shape index (κ2) is 6.10. The summed E-state index contributed by atoms with van der Waals surface area (Å²) in [6, 6.07) is 6.08. The van der Waals surface area contributed by atoms with E-state index in [9.17, 15) is 4.79 Å². The number of carbonyl (C=O) groups excluding carboxylic acids is 1. The lowest BCUT2D eigenvalue weighted by molar-refractivity contribution is -0.116. The highest BCUT2D eigenvalue weighted by Gasteiger charge is 2.19. The summed E-state index contributed by atoms with van der Waals surface area (Å²) in [5, 5.41) is 3.51. The maximum Gasteiger partial charge on any atom is 0.240 e. The van der Waals surface area contributed by atoms with Crippen molar-refractivity contribution in [1.82, 2.24) is 4.98 Å². The molecule has 1 N–H and O–H groups in total. The predicted molar refractivity (Wildman–Crippen MR) is 90.1 cm³/mol. The van der Waals surface area contributed by atoms with Crippen molar-refractivity contribution in [3.63, 3.8) is 0 Å².